The maximum Gasteiger partial charge on any atom is 0.240 e. The maximum absolute atomic E-state index is 11.3. The first-order chi connectivity index (χ1) is 11.8. The molecule has 8 nitrogen and oxygen atoms in total. The van der Waals surface area contributed by atoms with Gasteiger partial charge in [0.25, 0.3) is 0 Å². The molecule has 0 radical (unpaired) electrons. The summed E-state index contributed by atoms with van der Waals surface area (Å²) < 4.78 is 27.9. The van der Waals surface area contributed by atoms with E-state index >= 15 is 0 Å². The molecule has 9 heteroatoms. The second-order valence-electron chi connectivity index (χ2n) is 6.50. The minimum absolute atomic E-state index is 0.132. The van der Waals surface area contributed by atoms with Crippen LogP contribution in [0.4, 0.5) is 5.69 Å². The fraction of sp³-hybridized carbons (Fsp3) is 0.500. The molecule has 0 spiro atoms. The van der Waals surface area contributed by atoms with Crippen molar-refractivity contribution in [2.24, 2.45) is 5.14 Å². The molecular weight excluding hydrogens is 342 g/mol. The van der Waals surface area contributed by atoms with Gasteiger partial charge in [0.05, 0.1) is 11.4 Å². The number of primary sulfonamides is 1. The summed E-state index contributed by atoms with van der Waals surface area (Å²) in [4.78, 5) is 9.03. The first-order valence-corrected chi connectivity index (χ1v) is 9.80. The largest absolute Gasteiger partial charge is 0.369 e. The molecule has 0 bridgehead atoms. The number of rotatable bonds is 5. The second-order valence-corrected chi connectivity index (χ2v) is 8.06. The molecule has 2 heterocycles. The Morgan fingerprint density at radius 3 is 2.32 bits per heavy atom. The van der Waals surface area contributed by atoms with E-state index in [1.807, 2.05) is 13.8 Å². The van der Waals surface area contributed by atoms with Gasteiger partial charge in [0.1, 0.15) is 0 Å². The van der Waals surface area contributed by atoms with Gasteiger partial charge in [0.2, 0.25) is 15.9 Å². The van der Waals surface area contributed by atoms with Crippen LogP contribution in [0.5, 0.6) is 0 Å². The highest BCUT2D eigenvalue weighted by molar-refractivity contribution is 7.89. The van der Waals surface area contributed by atoms with E-state index < -0.39 is 10.0 Å². The van der Waals surface area contributed by atoms with E-state index in [0.717, 1.165) is 37.7 Å². The van der Waals surface area contributed by atoms with Gasteiger partial charge in [-0.05, 0) is 24.3 Å². The van der Waals surface area contributed by atoms with Crippen LogP contribution < -0.4 is 10.0 Å². The van der Waals surface area contributed by atoms with E-state index in [9.17, 15) is 8.42 Å². The highest BCUT2D eigenvalue weighted by Crippen LogP contribution is 2.20. The lowest BCUT2D eigenvalue weighted by Crippen LogP contribution is -2.46. The van der Waals surface area contributed by atoms with Crippen molar-refractivity contribution in [2.45, 2.75) is 31.2 Å². The van der Waals surface area contributed by atoms with Crippen LogP contribution in [0.3, 0.4) is 0 Å². The van der Waals surface area contributed by atoms with Crippen LogP contribution in [-0.2, 0) is 16.6 Å². The van der Waals surface area contributed by atoms with Crippen molar-refractivity contribution >= 4 is 15.7 Å². The van der Waals surface area contributed by atoms with Crippen LogP contribution in [0.15, 0.2) is 33.7 Å². The monoisotopic (exact) mass is 365 g/mol. The van der Waals surface area contributed by atoms with Crippen molar-refractivity contribution in [3.05, 3.63) is 36.0 Å². The molecule has 1 aromatic heterocycles. The third-order valence-electron chi connectivity index (χ3n) is 4.26. The molecule has 1 aliphatic rings. The number of piperazine rings is 1. The van der Waals surface area contributed by atoms with Crippen molar-refractivity contribution in [2.75, 3.05) is 31.1 Å². The van der Waals surface area contributed by atoms with E-state index in [2.05, 4.69) is 19.9 Å². The standard InChI is InChI=1S/C16H23N5O3S/c1-12(2)16-18-15(24-19-16)11-20-7-9-21(10-8-20)13-3-5-14(6-4-13)25(17,22)23/h3-6,12H,7-11H2,1-2H3,(H2,17,22,23). The molecule has 1 fully saturated rings. The molecule has 1 aliphatic heterocycles. The summed E-state index contributed by atoms with van der Waals surface area (Å²) in [5, 5.41) is 9.12. The van der Waals surface area contributed by atoms with Gasteiger partial charge in [0.15, 0.2) is 5.82 Å². The minimum atomic E-state index is -3.65. The molecule has 1 saturated heterocycles. The molecule has 0 aliphatic carbocycles. The summed E-state index contributed by atoms with van der Waals surface area (Å²) in [5.74, 6) is 1.65. The van der Waals surface area contributed by atoms with Crippen molar-refractivity contribution in [1.29, 1.82) is 0 Å². The van der Waals surface area contributed by atoms with E-state index in [0.29, 0.717) is 12.4 Å². The van der Waals surface area contributed by atoms with Crippen LogP contribution in [-0.4, -0.2) is 49.6 Å². The van der Waals surface area contributed by atoms with Crippen LogP contribution in [0.2, 0.25) is 0 Å². The summed E-state index contributed by atoms with van der Waals surface area (Å²) in [6, 6.07) is 6.68. The summed E-state index contributed by atoms with van der Waals surface area (Å²) in [6.45, 7) is 8.16. The van der Waals surface area contributed by atoms with Gasteiger partial charge < -0.3 is 9.42 Å². The Balaban J connectivity index is 1.56. The lowest BCUT2D eigenvalue weighted by atomic mass is 10.2. The number of aromatic nitrogens is 2. The fourth-order valence-electron chi connectivity index (χ4n) is 2.77. The van der Waals surface area contributed by atoms with Crippen molar-refractivity contribution < 1.29 is 12.9 Å². The molecule has 136 valence electrons. The van der Waals surface area contributed by atoms with Crippen LogP contribution in [0.1, 0.15) is 31.5 Å². The Kier molecular flexibility index (Phi) is 5.07. The van der Waals surface area contributed by atoms with Crippen LogP contribution in [0.25, 0.3) is 0 Å². The van der Waals surface area contributed by atoms with Gasteiger partial charge in [0, 0.05) is 37.8 Å². The summed E-state index contributed by atoms with van der Waals surface area (Å²) in [5.41, 5.74) is 0.993. The molecule has 0 unspecified atom stereocenters. The molecule has 0 amide bonds. The zero-order valence-electron chi connectivity index (χ0n) is 14.4. The molecule has 0 atom stereocenters. The SMILES string of the molecule is CC(C)c1noc(CN2CCN(c3ccc(S(N)(=O)=O)cc3)CC2)n1. The predicted octanol–water partition coefficient (Wildman–Crippen LogP) is 1.16. The van der Waals surface area contributed by atoms with Gasteiger partial charge in [-0.1, -0.05) is 19.0 Å². The van der Waals surface area contributed by atoms with E-state index in [1.54, 1.807) is 24.3 Å². The summed E-state index contributed by atoms with van der Waals surface area (Å²) in [6.07, 6.45) is 0. The fourth-order valence-corrected chi connectivity index (χ4v) is 3.28. The Morgan fingerprint density at radius 2 is 1.80 bits per heavy atom. The quantitative estimate of drug-likeness (QED) is 0.847. The molecule has 2 N–H and O–H groups in total. The molecule has 2 aromatic rings. The highest BCUT2D eigenvalue weighted by atomic mass is 32.2. The lowest BCUT2D eigenvalue weighted by molar-refractivity contribution is 0.215. The topological polar surface area (TPSA) is 106 Å². The van der Waals surface area contributed by atoms with E-state index in [1.165, 1.54) is 0 Å². The highest BCUT2D eigenvalue weighted by Gasteiger charge is 2.20. The Labute approximate surface area is 147 Å². The van der Waals surface area contributed by atoms with Crippen molar-refractivity contribution in [1.82, 2.24) is 15.0 Å². The minimum Gasteiger partial charge on any atom is -0.369 e. The zero-order valence-corrected chi connectivity index (χ0v) is 15.2. The summed E-state index contributed by atoms with van der Waals surface area (Å²) >= 11 is 0. The van der Waals surface area contributed by atoms with Gasteiger partial charge >= 0.3 is 0 Å². The van der Waals surface area contributed by atoms with Gasteiger partial charge in [-0.3, -0.25) is 4.90 Å². The van der Waals surface area contributed by atoms with Crippen LogP contribution in [0, 0.1) is 0 Å². The number of nitrogens with two attached hydrogens (primary N) is 1. The van der Waals surface area contributed by atoms with Gasteiger partial charge in [-0.15, -0.1) is 0 Å². The smallest absolute Gasteiger partial charge is 0.240 e. The third-order valence-corrected chi connectivity index (χ3v) is 5.19. The number of nitrogens with zero attached hydrogens (tertiary/aromatic N) is 4. The molecule has 1 aromatic carbocycles. The maximum atomic E-state index is 11.3. The average Bonchev–Trinajstić information content (AvgIpc) is 3.04. The Bertz CT molecular complexity index is 809. The van der Waals surface area contributed by atoms with E-state index in [-0.39, 0.29) is 10.8 Å². The van der Waals surface area contributed by atoms with Crippen molar-refractivity contribution in [3.63, 3.8) is 0 Å². The summed E-state index contributed by atoms with van der Waals surface area (Å²) in [7, 11) is -3.65. The molecule has 3 rings (SSSR count). The molecule has 0 saturated carbocycles. The first kappa shape index (κ1) is 17.8. The van der Waals surface area contributed by atoms with Crippen molar-refractivity contribution in [3.8, 4) is 0 Å². The van der Waals surface area contributed by atoms with Crippen LogP contribution >= 0.6 is 0 Å². The molecular formula is C16H23N5O3S. The lowest BCUT2D eigenvalue weighted by Gasteiger charge is -2.35. The predicted molar refractivity (Wildman–Crippen MR) is 93.7 cm³/mol. The third kappa shape index (κ3) is 4.36. The Morgan fingerprint density at radius 1 is 1.16 bits per heavy atom. The number of hydrogen-bond donors (Lipinski definition) is 1. The number of sulfonamides is 1. The second kappa shape index (κ2) is 7.11. The van der Waals surface area contributed by atoms with Gasteiger partial charge in [-0.2, -0.15) is 4.98 Å². The van der Waals surface area contributed by atoms with Gasteiger partial charge in [-0.25, -0.2) is 13.6 Å². The zero-order chi connectivity index (χ0) is 18.0. The number of hydrogen-bond acceptors (Lipinski definition) is 7. The molecule has 25 heavy (non-hydrogen) atoms. The average molecular weight is 365 g/mol. The number of benzene rings is 1. The number of anilines is 1. The first-order valence-electron chi connectivity index (χ1n) is 8.25. The Hall–Kier alpha value is -1.97. The normalized spacial score (nSPS) is 16.6. The van der Waals surface area contributed by atoms with E-state index in [4.69, 9.17) is 9.66 Å².